The smallest absolute Gasteiger partial charge is 0.160 e. The van der Waals surface area contributed by atoms with Crippen LogP contribution in [0.2, 0.25) is 0 Å². The number of para-hydroxylation sites is 1. The fraction of sp³-hybridized carbons (Fsp3) is 0. The Morgan fingerprint density at radius 3 is 1.82 bits per heavy atom. The fourth-order valence-electron chi connectivity index (χ4n) is 5.84. The van der Waals surface area contributed by atoms with Gasteiger partial charge in [-0.15, -0.1) is 0 Å². The summed E-state index contributed by atoms with van der Waals surface area (Å²) in [6.45, 7) is 0. The molecule has 1 aliphatic carbocycles. The van der Waals surface area contributed by atoms with Crippen molar-refractivity contribution in [1.29, 1.82) is 0 Å². The lowest BCUT2D eigenvalue weighted by atomic mass is 9.98. The van der Waals surface area contributed by atoms with E-state index in [0.717, 1.165) is 61.9 Å². The molecule has 5 aromatic carbocycles. The van der Waals surface area contributed by atoms with E-state index in [2.05, 4.69) is 138 Å². The number of anilines is 2. The quantitative estimate of drug-likeness (QED) is 0.196. The molecule has 8 rings (SSSR count). The van der Waals surface area contributed by atoms with E-state index < -0.39 is 0 Å². The number of fused-ring (bicyclic) bond motifs is 2. The maximum atomic E-state index is 5.03. The zero-order valence-corrected chi connectivity index (χ0v) is 23.9. The van der Waals surface area contributed by atoms with Gasteiger partial charge in [-0.25, -0.2) is 9.97 Å². The van der Waals surface area contributed by atoms with Crippen LogP contribution in [-0.2, 0) is 0 Å². The van der Waals surface area contributed by atoms with E-state index in [1.807, 2.05) is 36.4 Å². The van der Waals surface area contributed by atoms with Gasteiger partial charge in [0.15, 0.2) is 5.82 Å². The molecule has 0 N–H and O–H groups in total. The van der Waals surface area contributed by atoms with Crippen molar-refractivity contribution in [3.63, 3.8) is 0 Å². The van der Waals surface area contributed by atoms with Gasteiger partial charge in [0.25, 0.3) is 0 Å². The highest BCUT2D eigenvalue weighted by molar-refractivity contribution is 5.91. The third-order valence-electron chi connectivity index (χ3n) is 8.01. The summed E-state index contributed by atoms with van der Waals surface area (Å²) in [7, 11) is 0. The Morgan fingerprint density at radius 1 is 0.477 bits per heavy atom. The first kappa shape index (κ1) is 25.7. The molecule has 0 saturated carbocycles. The molecule has 206 valence electrons. The van der Waals surface area contributed by atoms with Crippen molar-refractivity contribution in [2.75, 3.05) is 4.90 Å². The topological polar surface area (TPSA) is 29.0 Å². The lowest BCUT2D eigenvalue weighted by Gasteiger charge is -2.29. The van der Waals surface area contributed by atoms with E-state index in [1.165, 1.54) is 5.56 Å². The van der Waals surface area contributed by atoms with Crippen LogP contribution < -0.4 is 4.90 Å². The summed E-state index contributed by atoms with van der Waals surface area (Å²) in [5, 5.41) is 0. The largest absolute Gasteiger partial charge is 0.303 e. The van der Waals surface area contributed by atoms with Crippen LogP contribution in [0.5, 0.6) is 0 Å². The molecule has 0 radical (unpaired) electrons. The second kappa shape index (κ2) is 11.0. The third-order valence-corrected chi connectivity index (χ3v) is 8.01. The minimum absolute atomic E-state index is 0.705. The Hall–Kier alpha value is -6.02. The van der Waals surface area contributed by atoms with E-state index in [-0.39, 0.29) is 0 Å². The van der Waals surface area contributed by atoms with Crippen LogP contribution in [0.15, 0.2) is 175 Å². The van der Waals surface area contributed by atoms with Gasteiger partial charge in [-0.1, -0.05) is 127 Å². The number of aromatic nitrogens is 2. The SMILES string of the molecule is C1=C2C=CC=CC=1N(c1ccc(-c3cccc(-c4nc(-c5ccccc5)cc(-c5ccccc5)n4)c3)cc1)c1ccccc12. The summed E-state index contributed by atoms with van der Waals surface area (Å²) in [4.78, 5) is 12.3. The van der Waals surface area contributed by atoms with Gasteiger partial charge in [0, 0.05) is 33.5 Å². The Kier molecular flexibility index (Phi) is 6.42. The fourth-order valence-corrected chi connectivity index (χ4v) is 5.84. The summed E-state index contributed by atoms with van der Waals surface area (Å²) in [5.74, 6) is 0.705. The molecule has 1 aromatic heterocycles. The molecule has 2 aliphatic rings. The molecule has 44 heavy (non-hydrogen) atoms. The predicted molar refractivity (Wildman–Crippen MR) is 181 cm³/mol. The minimum Gasteiger partial charge on any atom is -0.303 e. The van der Waals surface area contributed by atoms with Gasteiger partial charge in [-0.2, -0.15) is 0 Å². The van der Waals surface area contributed by atoms with Gasteiger partial charge in [0.05, 0.1) is 22.8 Å². The Labute approximate surface area is 257 Å². The Balaban J connectivity index is 1.17. The molecule has 3 heteroatoms. The van der Waals surface area contributed by atoms with Gasteiger partial charge in [-0.05, 0) is 53.6 Å². The second-order valence-corrected chi connectivity index (χ2v) is 10.8. The third kappa shape index (κ3) is 4.78. The lowest BCUT2D eigenvalue weighted by molar-refractivity contribution is 1.18. The van der Waals surface area contributed by atoms with Crippen molar-refractivity contribution >= 4 is 16.9 Å². The van der Waals surface area contributed by atoms with Crippen molar-refractivity contribution in [2.24, 2.45) is 0 Å². The zero-order chi connectivity index (χ0) is 29.3. The molecule has 0 amide bonds. The highest BCUT2D eigenvalue weighted by Gasteiger charge is 2.22. The van der Waals surface area contributed by atoms with E-state index >= 15 is 0 Å². The van der Waals surface area contributed by atoms with E-state index in [9.17, 15) is 0 Å². The van der Waals surface area contributed by atoms with Crippen molar-refractivity contribution in [2.45, 2.75) is 0 Å². The molecule has 2 bridgehead atoms. The van der Waals surface area contributed by atoms with Gasteiger partial charge >= 0.3 is 0 Å². The molecule has 0 fully saturated rings. The van der Waals surface area contributed by atoms with E-state index in [0.29, 0.717) is 5.82 Å². The first-order valence-corrected chi connectivity index (χ1v) is 14.8. The number of allylic oxidation sites excluding steroid dienone is 4. The molecular weight excluding hydrogens is 534 g/mol. The molecule has 1 aliphatic heterocycles. The molecule has 2 heterocycles. The van der Waals surface area contributed by atoms with Crippen molar-refractivity contribution in [3.8, 4) is 45.0 Å². The van der Waals surface area contributed by atoms with Crippen LogP contribution in [0.4, 0.5) is 11.4 Å². The van der Waals surface area contributed by atoms with Crippen molar-refractivity contribution < 1.29 is 0 Å². The number of benzene rings is 5. The van der Waals surface area contributed by atoms with Gasteiger partial charge in [0.1, 0.15) is 0 Å². The number of hydrogen-bond acceptors (Lipinski definition) is 3. The second-order valence-electron chi connectivity index (χ2n) is 10.8. The van der Waals surface area contributed by atoms with Crippen LogP contribution in [0.1, 0.15) is 5.56 Å². The highest BCUT2D eigenvalue weighted by Crippen LogP contribution is 2.41. The van der Waals surface area contributed by atoms with Crippen LogP contribution in [-0.4, -0.2) is 9.97 Å². The molecule has 3 nitrogen and oxygen atoms in total. The Bertz CT molecular complexity index is 2080. The van der Waals surface area contributed by atoms with E-state index in [4.69, 9.17) is 9.97 Å². The first-order chi connectivity index (χ1) is 21.8. The summed E-state index contributed by atoms with van der Waals surface area (Å²) in [5.41, 5.74) is 16.3. The minimum atomic E-state index is 0.705. The molecule has 0 unspecified atom stereocenters. The Morgan fingerprint density at radius 2 is 1.09 bits per heavy atom. The average molecular weight is 562 g/mol. The maximum Gasteiger partial charge on any atom is 0.160 e. The standard InChI is InChI=1S/C41H27N3/c1-3-12-30(13-4-1)38-28-39(31-14-5-2-6-15-31)43-41(42-38)34-18-11-17-32(26-34)29-22-24-35(25-23-29)44-36-19-8-7-16-33(27-36)37-20-9-10-21-40(37)44/h1-26,28H. The van der Waals surface area contributed by atoms with Gasteiger partial charge in [-0.3, -0.25) is 0 Å². The predicted octanol–water partition coefficient (Wildman–Crippen LogP) is 10.3. The molecular formula is C41H27N3. The average Bonchev–Trinajstić information content (AvgIpc) is 3.32. The highest BCUT2D eigenvalue weighted by atomic mass is 15.2. The van der Waals surface area contributed by atoms with Gasteiger partial charge in [0.2, 0.25) is 0 Å². The number of rotatable bonds is 5. The van der Waals surface area contributed by atoms with Gasteiger partial charge < -0.3 is 4.90 Å². The van der Waals surface area contributed by atoms with Crippen LogP contribution in [0, 0.1) is 0 Å². The van der Waals surface area contributed by atoms with E-state index in [1.54, 1.807) is 0 Å². The molecule has 0 atom stereocenters. The summed E-state index contributed by atoms with van der Waals surface area (Å²) >= 11 is 0. The maximum absolute atomic E-state index is 5.03. The number of hydrogen-bond donors (Lipinski definition) is 0. The van der Waals surface area contributed by atoms with Crippen LogP contribution in [0.3, 0.4) is 0 Å². The monoisotopic (exact) mass is 561 g/mol. The number of nitrogens with zero attached hydrogens (tertiary/aromatic N) is 3. The normalized spacial score (nSPS) is 13.1. The lowest BCUT2D eigenvalue weighted by Crippen LogP contribution is -2.18. The molecule has 6 aromatic rings. The van der Waals surface area contributed by atoms with Crippen LogP contribution in [0.25, 0.3) is 50.6 Å². The summed E-state index contributed by atoms with van der Waals surface area (Å²) in [6, 6.07) is 48.4. The summed E-state index contributed by atoms with van der Waals surface area (Å²) < 4.78 is 0. The van der Waals surface area contributed by atoms with Crippen molar-refractivity contribution in [1.82, 2.24) is 9.97 Å². The molecule has 0 saturated heterocycles. The van der Waals surface area contributed by atoms with Crippen molar-refractivity contribution in [3.05, 3.63) is 181 Å². The molecule has 0 spiro atoms. The zero-order valence-electron chi connectivity index (χ0n) is 23.9. The first-order valence-electron chi connectivity index (χ1n) is 14.8. The van der Waals surface area contributed by atoms with Crippen LogP contribution >= 0.6 is 0 Å². The summed E-state index contributed by atoms with van der Waals surface area (Å²) in [6.07, 6.45) is 8.39.